The van der Waals surface area contributed by atoms with E-state index in [9.17, 15) is 4.79 Å². The average molecular weight is 440 g/mol. The first-order chi connectivity index (χ1) is 15.5. The number of aryl methyl sites for hydroxylation is 2. The number of aromatic nitrogens is 4. The Balaban J connectivity index is 2.13. The highest BCUT2D eigenvalue weighted by Crippen LogP contribution is 2.31. The van der Waals surface area contributed by atoms with Crippen LogP contribution < -0.4 is 20.9 Å². The molecule has 0 aliphatic heterocycles. The second-order valence-electron chi connectivity index (χ2n) is 7.47. The van der Waals surface area contributed by atoms with Crippen LogP contribution in [0.25, 0.3) is 22.4 Å². The number of rotatable bonds is 9. The standard InChI is InChI=1S/C23H33N7O2/c1-6-10-17-19-20(30(5)29-17)22(31)28-21(27-19)16-14-15(11-12-18(16)32-13-7-2)26-23(24-8-3)25-9-4/h11-12,14H,6-10,13H2,1-5H3,(H2,24,25,26)(H,27,28,31). The first-order valence-electron chi connectivity index (χ1n) is 11.3. The Morgan fingerprint density at radius 2 is 2.03 bits per heavy atom. The SMILES string of the molecule is CCCOc1ccc(NC(=NCC)NCC)cc1-c1nc2c(CCC)nn(C)c2c(=O)[nH]1. The molecule has 3 rings (SSSR count). The first kappa shape index (κ1) is 23.3. The Morgan fingerprint density at radius 1 is 1.22 bits per heavy atom. The lowest BCUT2D eigenvalue weighted by molar-refractivity contribution is 0.318. The second-order valence-corrected chi connectivity index (χ2v) is 7.47. The van der Waals surface area contributed by atoms with Crippen molar-refractivity contribution in [3.05, 3.63) is 34.2 Å². The van der Waals surface area contributed by atoms with Crippen molar-refractivity contribution < 1.29 is 4.74 Å². The molecular formula is C23H33N7O2. The van der Waals surface area contributed by atoms with Crippen molar-refractivity contribution in [2.24, 2.45) is 12.0 Å². The molecule has 0 amide bonds. The van der Waals surface area contributed by atoms with E-state index in [0.717, 1.165) is 37.2 Å². The minimum atomic E-state index is -0.219. The van der Waals surface area contributed by atoms with E-state index in [1.165, 1.54) is 0 Å². The third-order valence-electron chi connectivity index (χ3n) is 4.87. The molecule has 0 saturated carbocycles. The van der Waals surface area contributed by atoms with Crippen LogP contribution in [-0.4, -0.2) is 45.4 Å². The summed E-state index contributed by atoms with van der Waals surface area (Å²) < 4.78 is 7.58. The van der Waals surface area contributed by atoms with E-state index in [1.807, 2.05) is 32.0 Å². The monoisotopic (exact) mass is 439 g/mol. The molecule has 0 spiro atoms. The maximum absolute atomic E-state index is 12.9. The number of hydrogen-bond acceptors (Lipinski definition) is 5. The molecule has 1 aromatic carbocycles. The van der Waals surface area contributed by atoms with Gasteiger partial charge in [0.15, 0.2) is 11.5 Å². The van der Waals surface area contributed by atoms with Gasteiger partial charge in [-0.25, -0.2) is 4.98 Å². The Morgan fingerprint density at radius 3 is 2.72 bits per heavy atom. The van der Waals surface area contributed by atoms with Gasteiger partial charge in [-0.3, -0.25) is 14.5 Å². The predicted molar refractivity (Wildman–Crippen MR) is 130 cm³/mol. The van der Waals surface area contributed by atoms with Gasteiger partial charge in [0.1, 0.15) is 17.1 Å². The number of aliphatic imine (C=N–C) groups is 1. The number of hydrogen-bond donors (Lipinski definition) is 3. The molecule has 3 aromatic rings. The minimum Gasteiger partial charge on any atom is -0.493 e. The molecule has 0 aliphatic carbocycles. The molecule has 0 fully saturated rings. The van der Waals surface area contributed by atoms with Gasteiger partial charge in [-0.15, -0.1) is 0 Å². The highest BCUT2D eigenvalue weighted by Gasteiger charge is 2.18. The molecule has 0 saturated heterocycles. The molecule has 9 nitrogen and oxygen atoms in total. The van der Waals surface area contributed by atoms with Gasteiger partial charge < -0.3 is 20.4 Å². The summed E-state index contributed by atoms with van der Waals surface area (Å²) >= 11 is 0. The lowest BCUT2D eigenvalue weighted by atomic mass is 10.1. The fourth-order valence-electron chi connectivity index (χ4n) is 3.51. The number of nitrogens with zero attached hydrogens (tertiary/aromatic N) is 4. The van der Waals surface area contributed by atoms with Crippen molar-refractivity contribution in [3.8, 4) is 17.1 Å². The summed E-state index contributed by atoms with van der Waals surface area (Å²) in [4.78, 5) is 25.1. The zero-order valence-electron chi connectivity index (χ0n) is 19.6. The topological polar surface area (TPSA) is 109 Å². The number of anilines is 1. The van der Waals surface area contributed by atoms with E-state index in [4.69, 9.17) is 9.72 Å². The van der Waals surface area contributed by atoms with Crippen LogP contribution in [-0.2, 0) is 13.5 Å². The summed E-state index contributed by atoms with van der Waals surface area (Å²) in [6.07, 6.45) is 2.55. The van der Waals surface area contributed by atoms with Crippen molar-refractivity contribution in [1.82, 2.24) is 25.1 Å². The van der Waals surface area contributed by atoms with Crippen LogP contribution in [0, 0.1) is 0 Å². The number of fused-ring (bicyclic) bond motifs is 1. The van der Waals surface area contributed by atoms with Crippen LogP contribution in [0.3, 0.4) is 0 Å². The number of nitrogens with one attached hydrogen (secondary N) is 3. The number of benzene rings is 1. The summed E-state index contributed by atoms with van der Waals surface area (Å²) in [6.45, 7) is 10.1. The molecule has 2 aromatic heterocycles. The smallest absolute Gasteiger partial charge is 0.277 e. The lowest BCUT2D eigenvalue weighted by Gasteiger charge is -2.15. The third kappa shape index (κ3) is 5.09. The highest BCUT2D eigenvalue weighted by molar-refractivity contribution is 5.94. The van der Waals surface area contributed by atoms with Crippen molar-refractivity contribution in [3.63, 3.8) is 0 Å². The third-order valence-corrected chi connectivity index (χ3v) is 4.87. The maximum Gasteiger partial charge on any atom is 0.277 e. The molecule has 0 unspecified atom stereocenters. The van der Waals surface area contributed by atoms with Gasteiger partial charge in [-0.2, -0.15) is 5.10 Å². The summed E-state index contributed by atoms with van der Waals surface area (Å²) in [6, 6.07) is 5.75. The predicted octanol–water partition coefficient (Wildman–Crippen LogP) is 3.46. The van der Waals surface area contributed by atoms with Crippen molar-refractivity contribution >= 4 is 22.7 Å². The van der Waals surface area contributed by atoms with Crippen molar-refractivity contribution in [2.75, 3.05) is 25.0 Å². The molecule has 9 heteroatoms. The number of ether oxygens (including phenoxy) is 1. The van der Waals surface area contributed by atoms with Crippen LogP contribution in [0.4, 0.5) is 5.69 Å². The summed E-state index contributed by atoms with van der Waals surface area (Å²) in [5.41, 5.74) is 3.25. The molecule has 0 aliphatic rings. The fourth-order valence-corrected chi connectivity index (χ4v) is 3.51. The van der Waals surface area contributed by atoms with Gasteiger partial charge in [-0.05, 0) is 44.9 Å². The average Bonchev–Trinajstić information content (AvgIpc) is 3.09. The van der Waals surface area contributed by atoms with Gasteiger partial charge in [0.25, 0.3) is 5.56 Å². The Labute approximate surface area is 188 Å². The normalized spacial score (nSPS) is 11.7. The zero-order chi connectivity index (χ0) is 23.1. The van der Waals surface area contributed by atoms with E-state index in [-0.39, 0.29) is 5.56 Å². The Kier molecular flexibility index (Phi) is 7.86. The summed E-state index contributed by atoms with van der Waals surface area (Å²) in [7, 11) is 1.77. The summed E-state index contributed by atoms with van der Waals surface area (Å²) in [5, 5.41) is 11.0. The van der Waals surface area contributed by atoms with Gasteiger partial charge in [-0.1, -0.05) is 20.3 Å². The van der Waals surface area contributed by atoms with E-state index in [1.54, 1.807) is 11.7 Å². The molecule has 3 N–H and O–H groups in total. The minimum absolute atomic E-state index is 0.219. The van der Waals surface area contributed by atoms with Crippen molar-refractivity contribution in [1.29, 1.82) is 0 Å². The van der Waals surface area contributed by atoms with Gasteiger partial charge in [0.2, 0.25) is 0 Å². The fraction of sp³-hybridized carbons (Fsp3) is 0.478. The Bertz CT molecular complexity index is 1150. The van der Waals surface area contributed by atoms with E-state index < -0.39 is 0 Å². The lowest BCUT2D eigenvalue weighted by Crippen LogP contribution is -2.30. The number of aromatic amines is 1. The van der Waals surface area contributed by atoms with Crippen LogP contribution in [0.1, 0.15) is 46.2 Å². The van der Waals surface area contributed by atoms with Gasteiger partial charge in [0.05, 0.1) is 17.9 Å². The van der Waals surface area contributed by atoms with Crippen LogP contribution in [0.2, 0.25) is 0 Å². The van der Waals surface area contributed by atoms with Gasteiger partial charge >= 0.3 is 0 Å². The molecule has 2 heterocycles. The number of guanidine groups is 1. The number of H-pyrrole nitrogens is 1. The van der Waals surface area contributed by atoms with E-state index in [2.05, 4.69) is 39.6 Å². The molecule has 0 bridgehead atoms. The van der Waals surface area contributed by atoms with Crippen LogP contribution in [0.5, 0.6) is 5.75 Å². The first-order valence-corrected chi connectivity index (χ1v) is 11.3. The van der Waals surface area contributed by atoms with E-state index >= 15 is 0 Å². The summed E-state index contributed by atoms with van der Waals surface area (Å²) in [5.74, 6) is 1.82. The largest absolute Gasteiger partial charge is 0.493 e. The quantitative estimate of drug-likeness (QED) is 0.348. The molecule has 0 atom stereocenters. The zero-order valence-corrected chi connectivity index (χ0v) is 19.6. The maximum atomic E-state index is 12.9. The van der Waals surface area contributed by atoms with Crippen LogP contribution >= 0.6 is 0 Å². The second kappa shape index (κ2) is 10.8. The Hall–Kier alpha value is -3.36. The molecule has 32 heavy (non-hydrogen) atoms. The highest BCUT2D eigenvalue weighted by atomic mass is 16.5. The van der Waals surface area contributed by atoms with Crippen molar-refractivity contribution in [2.45, 2.75) is 47.0 Å². The van der Waals surface area contributed by atoms with E-state index in [0.29, 0.717) is 47.3 Å². The van der Waals surface area contributed by atoms with Crippen LogP contribution in [0.15, 0.2) is 28.0 Å². The van der Waals surface area contributed by atoms with Gasteiger partial charge in [0, 0.05) is 25.8 Å². The molecular weight excluding hydrogens is 406 g/mol. The molecule has 172 valence electrons. The molecule has 0 radical (unpaired) electrons.